The summed E-state index contributed by atoms with van der Waals surface area (Å²) in [5, 5.41) is 0. The number of benzene rings is 1. The minimum atomic E-state index is 0.802. The molecule has 2 nitrogen and oxygen atoms in total. The first kappa shape index (κ1) is 8.88. The van der Waals surface area contributed by atoms with Gasteiger partial charge in [-0.1, -0.05) is 19.1 Å². The zero-order chi connectivity index (χ0) is 9.97. The smallest absolute Gasteiger partial charge is 0.0456 e. The van der Waals surface area contributed by atoms with Crippen molar-refractivity contribution >= 4 is 5.69 Å². The molecule has 1 heterocycles. The van der Waals surface area contributed by atoms with Crippen molar-refractivity contribution in [1.29, 1.82) is 0 Å². The molecule has 0 bridgehead atoms. The summed E-state index contributed by atoms with van der Waals surface area (Å²) in [4.78, 5) is 3.36. The highest BCUT2D eigenvalue weighted by Crippen LogP contribution is 2.19. The SMILES string of the molecule is CCc1ccc(-c2ccc(N)cc2)[nH]1. The predicted molar refractivity (Wildman–Crippen MR) is 60.0 cm³/mol. The molecule has 14 heavy (non-hydrogen) atoms. The van der Waals surface area contributed by atoms with Crippen LogP contribution in [0.5, 0.6) is 0 Å². The van der Waals surface area contributed by atoms with Crippen LogP contribution in [-0.2, 0) is 6.42 Å². The van der Waals surface area contributed by atoms with Crippen LogP contribution in [0.25, 0.3) is 11.3 Å². The zero-order valence-corrected chi connectivity index (χ0v) is 8.25. The van der Waals surface area contributed by atoms with Crippen molar-refractivity contribution in [3.8, 4) is 11.3 Å². The Kier molecular flexibility index (Phi) is 2.27. The van der Waals surface area contributed by atoms with E-state index < -0.39 is 0 Å². The van der Waals surface area contributed by atoms with Gasteiger partial charge in [0.1, 0.15) is 0 Å². The quantitative estimate of drug-likeness (QED) is 0.696. The van der Waals surface area contributed by atoms with Crippen molar-refractivity contribution in [1.82, 2.24) is 4.98 Å². The number of aromatic nitrogens is 1. The van der Waals surface area contributed by atoms with Gasteiger partial charge >= 0.3 is 0 Å². The maximum Gasteiger partial charge on any atom is 0.0456 e. The molecule has 0 fully saturated rings. The molecule has 0 saturated carbocycles. The highest BCUT2D eigenvalue weighted by atomic mass is 14.7. The number of nitrogens with one attached hydrogen (secondary N) is 1. The summed E-state index contributed by atoms with van der Waals surface area (Å²) >= 11 is 0. The molecule has 0 aliphatic carbocycles. The highest BCUT2D eigenvalue weighted by Gasteiger charge is 1.99. The largest absolute Gasteiger partial charge is 0.399 e. The van der Waals surface area contributed by atoms with E-state index in [1.807, 2.05) is 24.3 Å². The normalized spacial score (nSPS) is 10.4. The maximum atomic E-state index is 5.63. The lowest BCUT2D eigenvalue weighted by molar-refractivity contribution is 1.07. The third-order valence-corrected chi connectivity index (χ3v) is 2.35. The second-order valence-electron chi connectivity index (χ2n) is 3.37. The van der Waals surface area contributed by atoms with E-state index in [4.69, 9.17) is 5.73 Å². The monoisotopic (exact) mass is 186 g/mol. The van der Waals surface area contributed by atoms with Gasteiger partial charge in [-0.15, -0.1) is 0 Å². The van der Waals surface area contributed by atoms with E-state index in [1.165, 1.54) is 11.3 Å². The molecule has 0 atom stereocenters. The number of H-pyrrole nitrogens is 1. The summed E-state index contributed by atoms with van der Waals surface area (Å²) in [6, 6.07) is 12.1. The van der Waals surface area contributed by atoms with Crippen molar-refractivity contribution in [2.75, 3.05) is 5.73 Å². The van der Waals surface area contributed by atoms with E-state index in [-0.39, 0.29) is 0 Å². The molecule has 0 amide bonds. The molecule has 72 valence electrons. The standard InChI is InChI=1S/C12H14N2/c1-2-11-7-8-12(14-11)9-3-5-10(13)6-4-9/h3-8,14H,2,13H2,1H3. The molecule has 2 rings (SSSR count). The van der Waals surface area contributed by atoms with Gasteiger partial charge in [-0.25, -0.2) is 0 Å². The summed E-state index contributed by atoms with van der Waals surface area (Å²) < 4.78 is 0. The number of nitrogen functional groups attached to an aromatic ring is 1. The van der Waals surface area contributed by atoms with Crippen LogP contribution >= 0.6 is 0 Å². The molecule has 2 aromatic rings. The van der Waals surface area contributed by atoms with Crippen LogP contribution in [0.1, 0.15) is 12.6 Å². The highest BCUT2D eigenvalue weighted by molar-refractivity contribution is 5.62. The Balaban J connectivity index is 2.34. The third-order valence-electron chi connectivity index (χ3n) is 2.35. The average Bonchev–Trinajstić information content (AvgIpc) is 2.67. The van der Waals surface area contributed by atoms with Gasteiger partial charge in [0.05, 0.1) is 0 Å². The average molecular weight is 186 g/mol. The lowest BCUT2D eigenvalue weighted by Gasteiger charge is -1.98. The molecule has 1 aromatic carbocycles. The van der Waals surface area contributed by atoms with Gasteiger partial charge in [-0.2, -0.15) is 0 Å². The summed E-state index contributed by atoms with van der Waals surface area (Å²) in [7, 11) is 0. The molecular formula is C12H14N2. The summed E-state index contributed by atoms with van der Waals surface area (Å²) in [6.07, 6.45) is 1.04. The molecule has 0 unspecified atom stereocenters. The van der Waals surface area contributed by atoms with Crippen molar-refractivity contribution in [2.45, 2.75) is 13.3 Å². The number of hydrogen-bond acceptors (Lipinski definition) is 1. The number of nitrogens with two attached hydrogens (primary N) is 1. The van der Waals surface area contributed by atoms with E-state index in [0.717, 1.165) is 17.8 Å². The third kappa shape index (κ3) is 1.64. The Morgan fingerprint density at radius 1 is 1.07 bits per heavy atom. The van der Waals surface area contributed by atoms with Crippen LogP contribution in [-0.4, -0.2) is 4.98 Å². The van der Waals surface area contributed by atoms with Crippen LogP contribution in [0, 0.1) is 0 Å². The van der Waals surface area contributed by atoms with Gasteiger partial charge < -0.3 is 10.7 Å². The van der Waals surface area contributed by atoms with Gasteiger partial charge in [0, 0.05) is 17.1 Å². The molecule has 0 spiro atoms. The lowest BCUT2D eigenvalue weighted by atomic mass is 10.1. The van der Waals surface area contributed by atoms with E-state index in [0.29, 0.717) is 0 Å². The Hall–Kier alpha value is -1.70. The molecule has 0 saturated heterocycles. The summed E-state index contributed by atoms with van der Waals surface area (Å²) in [5.41, 5.74) is 10.0. The minimum absolute atomic E-state index is 0.802. The summed E-state index contributed by atoms with van der Waals surface area (Å²) in [6.45, 7) is 2.14. The van der Waals surface area contributed by atoms with Gasteiger partial charge in [-0.05, 0) is 36.2 Å². The van der Waals surface area contributed by atoms with E-state index in [9.17, 15) is 0 Å². The molecule has 2 heteroatoms. The van der Waals surface area contributed by atoms with Crippen molar-refractivity contribution in [3.63, 3.8) is 0 Å². The van der Waals surface area contributed by atoms with Crippen LogP contribution < -0.4 is 5.73 Å². The predicted octanol–water partition coefficient (Wildman–Crippen LogP) is 2.83. The summed E-state index contributed by atoms with van der Waals surface area (Å²) in [5.74, 6) is 0. The second-order valence-corrected chi connectivity index (χ2v) is 3.37. The van der Waals surface area contributed by atoms with Crippen LogP contribution in [0.2, 0.25) is 0 Å². The molecule has 3 N–H and O–H groups in total. The first-order valence-corrected chi connectivity index (χ1v) is 4.83. The van der Waals surface area contributed by atoms with Gasteiger partial charge in [0.25, 0.3) is 0 Å². The van der Waals surface area contributed by atoms with Crippen molar-refractivity contribution < 1.29 is 0 Å². The van der Waals surface area contributed by atoms with Gasteiger partial charge in [0.2, 0.25) is 0 Å². The topological polar surface area (TPSA) is 41.8 Å². The van der Waals surface area contributed by atoms with E-state index >= 15 is 0 Å². The fourth-order valence-corrected chi connectivity index (χ4v) is 1.48. The Bertz CT molecular complexity index is 412. The van der Waals surface area contributed by atoms with E-state index in [2.05, 4.69) is 24.0 Å². The minimum Gasteiger partial charge on any atom is -0.399 e. The van der Waals surface area contributed by atoms with Crippen molar-refractivity contribution in [3.05, 3.63) is 42.1 Å². The number of anilines is 1. The Morgan fingerprint density at radius 2 is 1.79 bits per heavy atom. The molecule has 0 aliphatic rings. The van der Waals surface area contributed by atoms with Crippen LogP contribution in [0.15, 0.2) is 36.4 Å². The number of rotatable bonds is 2. The fourth-order valence-electron chi connectivity index (χ4n) is 1.48. The molecule has 0 radical (unpaired) electrons. The van der Waals surface area contributed by atoms with Gasteiger partial charge in [-0.3, -0.25) is 0 Å². The second kappa shape index (κ2) is 3.58. The fraction of sp³-hybridized carbons (Fsp3) is 0.167. The maximum absolute atomic E-state index is 5.63. The number of aryl methyl sites for hydroxylation is 1. The van der Waals surface area contributed by atoms with E-state index in [1.54, 1.807) is 0 Å². The molecule has 1 aromatic heterocycles. The van der Waals surface area contributed by atoms with Crippen molar-refractivity contribution in [2.24, 2.45) is 0 Å². The van der Waals surface area contributed by atoms with Crippen LogP contribution in [0.4, 0.5) is 5.69 Å². The first-order valence-electron chi connectivity index (χ1n) is 4.83. The Morgan fingerprint density at radius 3 is 2.36 bits per heavy atom. The lowest BCUT2D eigenvalue weighted by Crippen LogP contribution is -1.84. The van der Waals surface area contributed by atoms with Crippen LogP contribution in [0.3, 0.4) is 0 Å². The molecule has 0 aliphatic heterocycles. The number of hydrogen-bond donors (Lipinski definition) is 2. The zero-order valence-electron chi connectivity index (χ0n) is 8.25. The first-order chi connectivity index (χ1) is 6.79. The van der Waals surface area contributed by atoms with Gasteiger partial charge in [0.15, 0.2) is 0 Å². The molecular weight excluding hydrogens is 172 g/mol. The Labute approximate surface area is 83.8 Å². The number of aromatic amines is 1.